The number of hydrogen-bond acceptors (Lipinski definition) is 5. The third kappa shape index (κ3) is 6.03. The number of ether oxygens (including phenoxy) is 3. The summed E-state index contributed by atoms with van der Waals surface area (Å²) in [6, 6.07) is 12.1. The standard InChI is InChI=1S/C21H22ClNO5/c1-4-27-18-11-9-15(13-19(18)26-3)10-12-20(24)28-14(2)21(25)23-17-8-6-5-7-16(17)22/h5-14H,4H2,1-3H3,(H,23,25)/b12-10+/t14-/m1/s1. The zero-order valence-electron chi connectivity index (χ0n) is 15.9. The van der Waals surface area contributed by atoms with Gasteiger partial charge in [0, 0.05) is 6.08 Å². The lowest BCUT2D eigenvalue weighted by Crippen LogP contribution is -2.29. The van der Waals surface area contributed by atoms with Crippen molar-refractivity contribution in [3.63, 3.8) is 0 Å². The second kappa shape index (κ2) is 10.4. The Hall–Kier alpha value is -2.99. The van der Waals surface area contributed by atoms with Crippen molar-refractivity contribution >= 4 is 35.2 Å². The number of anilines is 1. The van der Waals surface area contributed by atoms with Crippen LogP contribution in [-0.4, -0.2) is 31.7 Å². The first kappa shape index (κ1) is 21.3. The van der Waals surface area contributed by atoms with Crippen LogP contribution in [0.1, 0.15) is 19.4 Å². The Labute approximate surface area is 169 Å². The van der Waals surface area contributed by atoms with Crippen molar-refractivity contribution in [3.8, 4) is 11.5 Å². The number of hydrogen-bond donors (Lipinski definition) is 1. The first-order valence-corrected chi connectivity index (χ1v) is 9.07. The molecule has 0 aliphatic heterocycles. The highest BCUT2D eigenvalue weighted by Gasteiger charge is 2.17. The number of benzene rings is 2. The predicted octanol–water partition coefficient (Wildman–Crippen LogP) is 4.33. The lowest BCUT2D eigenvalue weighted by molar-refractivity contribution is -0.148. The summed E-state index contributed by atoms with van der Waals surface area (Å²) in [6.45, 7) is 3.89. The summed E-state index contributed by atoms with van der Waals surface area (Å²) >= 11 is 6.00. The maximum atomic E-state index is 12.2. The maximum Gasteiger partial charge on any atom is 0.331 e. The van der Waals surface area contributed by atoms with E-state index in [4.69, 9.17) is 25.8 Å². The zero-order valence-corrected chi connectivity index (χ0v) is 16.7. The summed E-state index contributed by atoms with van der Waals surface area (Å²) in [4.78, 5) is 24.2. The first-order chi connectivity index (χ1) is 13.4. The van der Waals surface area contributed by atoms with Crippen molar-refractivity contribution in [3.05, 3.63) is 59.1 Å². The van der Waals surface area contributed by atoms with Crippen molar-refractivity contribution in [1.29, 1.82) is 0 Å². The molecule has 28 heavy (non-hydrogen) atoms. The molecule has 2 aromatic carbocycles. The maximum absolute atomic E-state index is 12.2. The van der Waals surface area contributed by atoms with Crippen LogP contribution in [0.25, 0.3) is 6.08 Å². The summed E-state index contributed by atoms with van der Waals surface area (Å²) in [5.41, 5.74) is 1.18. The van der Waals surface area contributed by atoms with E-state index in [0.717, 1.165) is 5.56 Å². The number of carbonyl (C=O) groups excluding carboxylic acids is 2. The topological polar surface area (TPSA) is 73.9 Å². The van der Waals surface area contributed by atoms with E-state index in [2.05, 4.69) is 5.32 Å². The summed E-state index contributed by atoms with van der Waals surface area (Å²) in [7, 11) is 1.54. The number of amides is 1. The van der Waals surface area contributed by atoms with Gasteiger partial charge in [-0.2, -0.15) is 0 Å². The van der Waals surface area contributed by atoms with E-state index < -0.39 is 18.0 Å². The lowest BCUT2D eigenvalue weighted by atomic mass is 10.2. The molecule has 1 N–H and O–H groups in total. The van der Waals surface area contributed by atoms with Gasteiger partial charge >= 0.3 is 5.97 Å². The van der Waals surface area contributed by atoms with Crippen molar-refractivity contribution in [2.75, 3.05) is 19.0 Å². The predicted molar refractivity (Wildman–Crippen MR) is 109 cm³/mol. The van der Waals surface area contributed by atoms with Crippen LogP contribution >= 0.6 is 11.6 Å². The van der Waals surface area contributed by atoms with Gasteiger partial charge in [0.2, 0.25) is 0 Å². The number of esters is 1. The molecule has 1 atom stereocenters. The summed E-state index contributed by atoms with van der Waals surface area (Å²) in [6.07, 6.45) is 1.83. The molecule has 148 valence electrons. The Morgan fingerprint density at radius 1 is 1.18 bits per heavy atom. The molecule has 0 unspecified atom stereocenters. The number of carbonyl (C=O) groups is 2. The molecule has 0 spiro atoms. The van der Waals surface area contributed by atoms with E-state index in [-0.39, 0.29) is 0 Å². The molecule has 0 bridgehead atoms. The first-order valence-electron chi connectivity index (χ1n) is 8.69. The average Bonchev–Trinajstić information content (AvgIpc) is 2.69. The van der Waals surface area contributed by atoms with Crippen LogP contribution in [0.2, 0.25) is 5.02 Å². The minimum atomic E-state index is -0.983. The van der Waals surface area contributed by atoms with Crippen molar-refractivity contribution < 1.29 is 23.8 Å². The van der Waals surface area contributed by atoms with E-state index in [1.54, 1.807) is 55.7 Å². The second-order valence-electron chi connectivity index (χ2n) is 5.72. The highest BCUT2D eigenvalue weighted by Crippen LogP contribution is 2.28. The van der Waals surface area contributed by atoms with Crippen LogP contribution in [0.5, 0.6) is 11.5 Å². The van der Waals surface area contributed by atoms with Crippen LogP contribution in [0.4, 0.5) is 5.69 Å². The fourth-order valence-electron chi connectivity index (χ4n) is 2.29. The highest BCUT2D eigenvalue weighted by molar-refractivity contribution is 6.33. The van der Waals surface area contributed by atoms with Crippen LogP contribution < -0.4 is 14.8 Å². The number of nitrogens with one attached hydrogen (secondary N) is 1. The van der Waals surface area contributed by atoms with Gasteiger partial charge in [0.15, 0.2) is 17.6 Å². The minimum absolute atomic E-state index is 0.402. The Morgan fingerprint density at radius 2 is 1.93 bits per heavy atom. The third-order valence-corrected chi connectivity index (χ3v) is 4.02. The van der Waals surface area contributed by atoms with Gasteiger partial charge in [-0.15, -0.1) is 0 Å². The SMILES string of the molecule is CCOc1ccc(/C=C/C(=O)O[C@H](C)C(=O)Nc2ccccc2Cl)cc1OC. The number of methoxy groups -OCH3 is 1. The molecule has 0 aliphatic rings. The fraction of sp³-hybridized carbons (Fsp3) is 0.238. The molecule has 1 amide bonds. The Kier molecular flexibility index (Phi) is 7.89. The second-order valence-corrected chi connectivity index (χ2v) is 6.13. The molecule has 0 aromatic heterocycles. The molecule has 0 heterocycles. The quantitative estimate of drug-likeness (QED) is 0.524. The molecule has 2 aromatic rings. The monoisotopic (exact) mass is 403 g/mol. The van der Waals surface area contributed by atoms with Gasteiger partial charge in [-0.1, -0.05) is 29.8 Å². The van der Waals surface area contributed by atoms with Crippen LogP contribution in [0.15, 0.2) is 48.5 Å². The molecule has 0 saturated carbocycles. The van der Waals surface area contributed by atoms with Gasteiger partial charge in [-0.3, -0.25) is 4.79 Å². The summed E-state index contributed by atoms with van der Waals surface area (Å²) in [5, 5.41) is 3.02. The van der Waals surface area contributed by atoms with E-state index in [1.165, 1.54) is 13.0 Å². The van der Waals surface area contributed by atoms with E-state index in [9.17, 15) is 9.59 Å². The van der Waals surface area contributed by atoms with Gasteiger partial charge in [0.1, 0.15) is 0 Å². The average molecular weight is 404 g/mol. The van der Waals surface area contributed by atoms with Gasteiger partial charge in [-0.25, -0.2) is 4.79 Å². The molecule has 0 fully saturated rings. The van der Waals surface area contributed by atoms with E-state index in [1.807, 2.05) is 6.92 Å². The van der Waals surface area contributed by atoms with E-state index >= 15 is 0 Å². The van der Waals surface area contributed by atoms with Crippen molar-refractivity contribution in [1.82, 2.24) is 0 Å². The summed E-state index contributed by atoms with van der Waals surface area (Å²) in [5.74, 6) is 0.0618. The summed E-state index contributed by atoms with van der Waals surface area (Å²) < 4.78 is 15.8. The lowest BCUT2D eigenvalue weighted by Gasteiger charge is -2.13. The molecule has 0 radical (unpaired) electrons. The molecular weight excluding hydrogens is 382 g/mol. The highest BCUT2D eigenvalue weighted by atomic mass is 35.5. The minimum Gasteiger partial charge on any atom is -0.493 e. The number of rotatable bonds is 8. The largest absolute Gasteiger partial charge is 0.493 e. The number of halogens is 1. The molecule has 6 nitrogen and oxygen atoms in total. The Balaban J connectivity index is 1.95. The van der Waals surface area contributed by atoms with Crippen molar-refractivity contribution in [2.24, 2.45) is 0 Å². The Morgan fingerprint density at radius 3 is 2.61 bits per heavy atom. The molecule has 2 rings (SSSR count). The Bertz CT molecular complexity index is 866. The molecular formula is C21H22ClNO5. The van der Waals surface area contributed by atoms with Crippen LogP contribution in [0, 0.1) is 0 Å². The molecule has 7 heteroatoms. The van der Waals surface area contributed by atoms with Crippen LogP contribution in [0.3, 0.4) is 0 Å². The molecule has 0 saturated heterocycles. The smallest absolute Gasteiger partial charge is 0.331 e. The van der Waals surface area contributed by atoms with Gasteiger partial charge in [0.05, 0.1) is 24.4 Å². The van der Waals surface area contributed by atoms with E-state index in [0.29, 0.717) is 28.8 Å². The normalized spacial score (nSPS) is 11.7. The number of para-hydroxylation sites is 1. The van der Waals surface area contributed by atoms with Gasteiger partial charge in [0.25, 0.3) is 5.91 Å². The van der Waals surface area contributed by atoms with Crippen molar-refractivity contribution in [2.45, 2.75) is 20.0 Å². The molecule has 0 aliphatic carbocycles. The zero-order chi connectivity index (χ0) is 20.5. The van der Waals surface area contributed by atoms with Gasteiger partial charge in [-0.05, 0) is 49.8 Å². The third-order valence-electron chi connectivity index (χ3n) is 3.69. The fourth-order valence-corrected chi connectivity index (χ4v) is 2.47. The van der Waals surface area contributed by atoms with Gasteiger partial charge < -0.3 is 19.5 Å². The van der Waals surface area contributed by atoms with Crippen LogP contribution in [-0.2, 0) is 14.3 Å².